The number of nitrogens with zero attached hydrogens (tertiary/aromatic N) is 1. The first-order chi connectivity index (χ1) is 9.60. The Kier molecular flexibility index (Phi) is 3.51. The standard InChI is InChI=1S/C17H26N2O.H2/c1-5-18-16-15-10-12-6-7-13(20-4)11-14(12)17(16,2)8-9-19(15)3;/h6-7,11,15-16,18H,5,8-10H2,1-4H3;1H/t15-,16?,17?;/m1./s1. The fourth-order valence-corrected chi connectivity index (χ4v) is 4.18. The van der Waals surface area contributed by atoms with Crippen molar-refractivity contribution in [3.05, 3.63) is 29.3 Å². The van der Waals surface area contributed by atoms with Crippen molar-refractivity contribution in [1.82, 2.24) is 10.2 Å². The number of rotatable bonds is 3. The number of nitrogens with one attached hydrogen (secondary N) is 1. The third kappa shape index (κ3) is 1.95. The Balaban J connectivity index is 0.00000161. The second kappa shape index (κ2) is 5.05. The van der Waals surface area contributed by atoms with Gasteiger partial charge in [-0.2, -0.15) is 0 Å². The second-order valence-electron chi connectivity index (χ2n) is 6.48. The fraction of sp³-hybridized carbons (Fsp3) is 0.647. The van der Waals surface area contributed by atoms with E-state index < -0.39 is 0 Å². The summed E-state index contributed by atoms with van der Waals surface area (Å²) in [7, 11) is 4.02. The highest BCUT2D eigenvalue weighted by atomic mass is 16.5. The Bertz CT molecular complexity index is 508. The van der Waals surface area contributed by atoms with E-state index in [2.05, 4.69) is 49.3 Å². The van der Waals surface area contributed by atoms with Crippen molar-refractivity contribution in [3.63, 3.8) is 0 Å². The van der Waals surface area contributed by atoms with Gasteiger partial charge in [-0.3, -0.25) is 0 Å². The molecule has 1 aromatic carbocycles. The van der Waals surface area contributed by atoms with Crippen LogP contribution < -0.4 is 10.1 Å². The van der Waals surface area contributed by atoms with Crippen LogP contribution in [0.5, 0.6) is 5.75 Å². The summed E-state index contributed by atoms with van der Waals surface area (Å²) in [6.45, 7) is 6.85. The maximum Gasteiger partial charge on any atom is 0.119 e. The molecule has 3 rings (SSSR count). The summed E-state index contributed by atoms with van der Waals surface area (Å²) in [6, 6.07) is 7.77. The lowest BCUT2D eigenvalue weighted by Gasteiger charge is -2.55. The molecule has 0 saturated carbocycles. The minimum Gasteiger partial charge on any atom is -0.497 e. The number of methoxy groups -OCH3 is 1. The monoisotopic (exact) mass is 276 g/mol. The number of likely N-dealkylation sites (tertiary alicyclic amines) is 1. The van der Waals surface area contributed by atoms with Gasteiger partial charge in [0.1, 0.15) is 5.75 Å². The van der Waals surface area contributed by atoms with E-state index in [4.69, 9.17) is 4.74 Å². The highest BCUT2D eigenvalue weighted by Crippen LogP contribution is 2.45. The van der Waals surface area contributed by atoms with Crippen LogP contribution in [0.2, 0.25) is 0 Å². The molecule has 20 heavy (non-hydrogen) atoms. The summed E-state index contributed by atoms with van der Waals surface area (Å²) in [5.74, 6) is 0.984. The van der Waals surface area contributed by atoms with Crippen molar-refractivity contribution < 1.29 is 6.16 Å². The summed E-state index contributed by atoms with van der Waals surface area (Å²) in [5.41, 5.74) is 3.21. The highest BCUT2D eigenvalue weighted by molar-refractivity contribution is 5.45. The van der Waals surface area contributed by atoms with Gasteiger partial charge in [0.05, 0.1) is 7.11 Å². The van der Waals surface area contributed by atoms with Gasteiger partial charge in [-0.05, 0) is 56.2 Å². The molecule has 1 aliphatic carbocycles. The van der Waals surface area contributed by atoms with E-state index >= 15 is 0 Å². The van der Waals surface area contributed by atoms with E-state index in [0.29, 0.717) is 12.1 Å². The van der Waals surface area contributed by atoms with Crippen LogP contribution in [0.15, 0.2) is 18.2 Å². The molecule has 1 fully saturated rings. The summed E-state index contributed by atoms with van der Waals surface area (Å²) >= 11 is 0. The highest BCUT2D eigenvalue weighted by Gasteiger charge is 2.49. The van der Waals surface area contributed by atoms with Crippen LogP contribution >= 0.6 is 0 Å². The number of hydrogen-bond acceptors (Lipinski definition) is 3. The smallest absolute Gasteiger partial charge is 0.119 e. The zero-order valence-corrected chi connectivity index (χ0v) is 13.1. The second-order valence-corrected chi connectivity index (χ2v) is 6.48. The molecule has 0 aromatic heterocycles. The third-order valence-corrected chi connectivity index (χ3v) is 5.41. The molecular formula is C17H28N2O. The lowest BCUT2D eigenvalue weighted by molar-refractivity contribution is 0.0669. The van der Waals surface area contributed by atoms with Crippen LogP contribution in [0.3, 0.4) is 0 Å². The lowest BCUT2D eigenvalue weighted by Crippen LogP contribution is -2.66. The largest absolute Gasteiger partial charge is 0.497 e. The molecule has 3 atom stereocenters. The van der Waals surface area contributed by atoms with Gasteiger partial charge in [-0.1, -0.05) is 19.9 Å². The van der Waals surface area contributed by atoms with Crippen molar-refractivity contribution in [1.29, 1.82) is 0 Å². The van der Waals surface area contributed by atoms with Crippen LogP contribution in [0.25, 0.3) is 0 Å². The van der Waals surface area contributed by atoms with Crippen LogP contribution in [-0.4, -0.2) is 44.2 Å². The maximum atomic E-state index is 5.45. The molecule has 2 aliphatic rings. The maximum absolute atomic E-state index is 5.45. The van der Waals surface area contributed by atoms with E-state index in [-0.39, 0.29) is 6.84 Å². The number of piperidine rings is 1. The summed E-state index contributed by atoms with van der Waals surface area (Å²) in [4.78, 5) is 2.53. The molecule has 1 saturated heterocycles. The molecule has 2 unspecified atom stereocenters. The number of fused-ring (bicyclic) bond motifs is 4. The van der Waals surface area contributed by atoms with Gasteiger partial charge in [0.2, 0.25) is 0 Å². The van der Waals surface area contributed by atoms with Crippen LogP contribution in [0.4, 0.5) is 0 Å². The molecule has 112 valence electrons. The van der Waals surface area contributed by atoms with Crippen molar-refractivity contribution >= 4 is 0 Å². The Morgan fingerprint density at radius 2 is 2.30 bits per heavy atom. The van der Waals surface area contributed by atoms with Crippen molar-refractivity contribution in [3.8, 4) is 5.75 Å². The van der Waals surface area contributed by atoms with E-state index in [0.717, 1.165) is 18.7 Å². The molecule has 0 spiro atoms. The van der Waals surface area contributed by atoms with E-state index in [1.54, 1.807) is 7.11 Å². The van der Waals surface area contributed by atoms with Gasteiger partial charge in [0.25, 0.3) is 0 Å². The Hall–Kier alpha value is -1.06. The first kappa shape index (κ1) is 13.9. The number of hydrogen-bond donors (Lipinski definition) is 1. The zero-order chi connectivity index (χ0) is 14.3. The predicted molar refractivity (Wildman–Crippen MR) is 84.7 cm³/mol. The number of likely N-dealkylation sites (N-methyl/N-ethyl adjacent to an activating group) is 2. The van der Waals surface area contributed by atoms with Crippen LogP contribution in [-0.2, 0) is 11.8 Å². The van der Waals surface area contributed by atoms with Crippen LogP contribution in [0.1, 0.15) is 32.8 Å². The third-order valence-electron chi connectivity index (χ3n) is 5.41. The lowest BCUT2D eigenvalue weighted by atomic mass is 9.61. The minimum atomic E-state index is 0. The molecule has 0 radical (unpaired) electrons. The minimum absolute atomic E-state index is 0. The molecule has 2 bridgehead atoms. The van der Waals surface area contributed by atoms with E-state index in [9.17, 15) is 0 Å². The first-order valence-electron chi connectivity index (χ1n) is 7.71. The quantitative estimate of drug-likeness (QED) is 0.917. The summed E-state index contributed by atoms with van der Waals surface area (Å²) < 4.78 is 5.45. The first-order valence-corrected chi connectivity index (χ1v) is 7.71. The molecule has 0 amide bonds. The van der Waals surface area contributed by atoms with Crippen molar-refractivity contribution in [2.75, 3.05) is 27.2 Å². The average molecular weight is 276 g/mol. The molecule has 1 N–H and O–H groups in total. The molecule has 3 nitrogen and oxygen atoms in total. The van der Waals surface area contributed by atoms with Crippen molar-refractivity contribution in [2.45, 2.75) is 44.2 Å². The van der Waals surface area contributed by atoms with Gasteiger partial charge >= 0.3 is 0 Å². The van der Waals surface area contributed by atoms with E-state index in [1.807, 2.05) is 0 Å². The zero-order valence-electron chi connectivity index (χ0n) is 13.1. The molecule has 1 heterocycles. The Labute approximate surface area is 123 Å². The molecular weight excluding hydrogens is 248 g/mol. The van der Waals surface area contributed by atoms with Gasteiger partial charge in [0.15, 0.2) is 0 Å². The fourth-order valence-electron chi connectivity index (χ4n) is 4.18. The van der Waals surface area contributed by atoms with Gasteiger partial charge in [-0.15, -0.1) is 0 Å². The van der Waals surface area contributed by atoms with E-state index in [1.165, 1.54) is 24.1 Å². The SMILES string of the molecule is CCNC1[C@H]2Cc3ccc(OC)cc3C1(C)CCN2C.[HH]. The van der Waals surface area contributed by atoms with Crippen LogP contribution in [0, 0.1) is 0 Å². The number of ether oxygens (including phenoxy) is 1. The number of benzene rings is 1. The van der Waals surface area contributed by atoms with Gasteiger partial charge in [-0.25, -0.2) is 0 Å². The topological polar surface area (TPSA) is 24.5 Å². The van der Waals surface area contributed by atoms with Gasteiger partial charge < -0.3 is 15.0 Å². The van der Waals surface area contributed by atoms with Crippen molar-refractivity contribution in [2.24, 2.45) is 0 Å². The molecule has 1 aromatic rings. The Morgan fingerprint density at radius 3 is 3.00 bits per heavy atom. The molecule has 3 heteroatoms. The summed E-state index contributed by atoms with van der Waals surface area (Å²) in [6.07, 6.45) is 2.35. The molecule has 1 aliphatic heterocycles. The summed E-state index contributed by atoms with van der Waals surface area (Å²) in [5, 5.41) is 3.75. The Morgan fingerprint density at radius 1 is 1.50 bits per heavy atom. The predicted octanol–water partition coefficient (Wildman–Crippen LogP) is 2.44. The average Bonchev–Trinajstić information content (AvgIpc) is 2.46. The normalized spacial score (nSPS) is 32.8. The van der Waals surface area contributed by atoms with Gasteiger partial charge in [0, 0.05) is 18.9 Å².